The number of carbonyl (C=O) groups is 1. The van der Waals surface area contributed by atoms with Gasteiger partial charge >= 0.3 is 0 Å². The number of nitrogens with zero attached hydrogens (tertiary/aromatic N) is 5. The zero-order chi connectivity index (χ0) is 24.2. The molecule has 0 radical (unpaired) electrons. The van der Waals surface area contributed by atoms with Crippen molar-refractivity contribution in [3.63, 3.8) is 0 Å². The van der Waals surface area contributed by atoms with Crippen LogP contribution in [0.1, 0.15) is 0 Å². The molecule has 0 aliphatic carbocycles. The fourth-order valence-electron chi connectivity index (χ4n) is 3.52. The van der Waals surface area contributed by atoms with Crippen LogP contribution in [0.25, 0.3) is 28.0 Å². The van der Waals surface area contributed by atoms with Gasteiger partial charge in [0.05, 0.1) is 12.5 Å². The Morgan fingerprint density at radius 1 is 1.24 bits per heavy atom. The summed E-state index contributed by atoms with van der Waals surface area (Å²) in [6.45, 7) is 0.599. The Morgan fingerprint density at radius 2 is 2.00 bits per heavy atom. The normalized spacial score (nSPS) is 11.3. The summed E-state index contributed by atoms with van der Waals surface area (Å²) in [5.74, 6) is 0.697. The first-order chi connectivity index (χ1) is 16.4. The van der Waals surface area contributed by atoms with Crippen LogP contribution in [0.4, 0.5) is 11.5 Å². The maximum Gasteiger partial charge on any atom is 0.250 e. The summed E-state index contributed by atoms with van der Waals surface area (Å²) in [7, 11) is 5.10. The van der Waals surface area contributed by atoms with Crippen molar-refractivity contribution in [1.82, 2.24) is 25.1 Å². The molecule has 2 heterocycles. The second kappa shape index (κ2) is 9.90. The molecule has 0 saturated heterocycles. The van der Waals surface area contributed by atoms with Crippen LogP contribution in [-0.2, 0) is 4.79 Å². The van der Waals surface area contributed by atoms with E-state index in [9.17, 15) is 4.79 Å². The van der Waals surface area contributed by atoms with Gasteiger partial charge in [-0.05, 0) is 37.4 Å². The van der Waals surface area contributed by atoms with Gasteiger partial charge in [-0.3, -0.25) is 4.79 Å². The molecule has 0 bridgehead atoms. The lowest BCUT2D eigenvalue weighted by molar-refractivity contribution is -0.113. The molecule has 10 heteroatoms. The number of fused-ring (bicyclic) bond motifs is 1. The second-order valence-electron chi connectivity index (χ2n) is 7.44. The van der Waals surface area contributed by atoms with Crippen molar-refractivity contribution in [3.05, 3.63) is 66.0 Å². The highest BCUT2D eigenvalue weighted by molar-refractivity contribution is 6.30. The van der Waals surface area contributed by atoms with Crippen LogP contribution >= 0.6 is 11.6 Å². The number of ether oxygens (including phenoxy) is 1. The van der Waals surface area contributed by atoms with E-state index < -0.39 is 0 Å². The molecule has 0 unspecified atom stereocenters. The zero-order valence-electron chi connectivity index (χ0n) is 19.0. The number of hydrogen-bond acceptors (Lipinski definition) is 7. The van der Waals surface area contributed by atoms with Gasteiger partial charge in [0.25, 0.3) is 0 Å². The van der Waals surface area contributed by atoms with E-state index in [1.807, 2.05) is 25.2 Å². The third-order valence-corrected chi connectivity index (χ3v) is 5.55. The monoisotopic (exact) mass is 477 g/mol. The maximum absolute atomic E-state index is 12.6. The molecular formula is C24H24ClN7O2. The summed E-state index contributed by atoms with van der Waals surface area (Å²) in [4.78, 5) is 22.8. The fraction of sp³-hybridized carbons (Fsp3) is 0.167. The van der Waals surface area contributed by atoms with Gasteiger partial charge in [-0.2, -0.15) is 5.10 Å². The molecule has 1 amide bonds. The number of benzene rings is 2. The Balaban J connectivity index is 1.87. The van der Waals surface area contributed by atoms with E-state index in [1.54, 1.807) is 54.1 Å². The Bertz CT molecular complexity index is 1370. The number of likely N-dealkylation sites (N-methyl/N-ethyl adjacent to an activating group) is 2. The largest absolute Gasteiger partial charge is 0.494 e. The molecule has 0 aliphatic rings. The molecule has 4 aromatic rings. The quantitative estimate of drug-likeness (QED) is 0.392. The van der Waals surface area contributed by atoms with Gasteiger partial charge < -0.3 is 20.7 Å². The number of aromatic nitrogens is 4. The molecule has 0 atom stereocenters. The van der Waals surface area contributed by atoms with E-state index in [0.29, 0.717) is 51.2 Å². The van der Waals surface area contributed by atoms with Crippen LogP contribution in [0, 0.1) is 0 Å². The van der Waals surface area contributed by atoms with Crippen molar-refractivity contribution in [3.8, 4) is 22.7 Å². The van der Waals surface area contributed by atoms with E-state index in [-0.39, 0.29) is 5.91 Å². The Morgan fingerprint density at radius 3 is 2.71 bits per heavy atom. The Kier molecular flexibility index (Phi) is 6.76. The molecular weight excluding hydrogens is 454 g/mol. The minimum atomic E-state index is -0.162. The highest BCUT2D eigenvalue weighted by Crippen LogP contribution is 2.35. The summed E-state index contributed by atoms with van der Waals surface area (Å²) in [6.07, 6.45) is 4.68. The first-order valence-electron chi connectivity index (χ1n) is 10.5. The van der Waals surface area contributed by atoms with Crippen LogP contribution in [0.3, 0.4) is 0 Å². The minimum absolute atomic E-state index is 0.162. The van der Waals surface area contributed by atoms with Crippen LogP contribution in [0.2, 0.25) is 5.02 Å². The predicted molar refractivity (Wildman–Crippen MR) is 135 cm³/mol. The first kappa shape index (κ1) is 23.2. The number of amides is 1. The summed E-state index contributed by atoms with van der Waals surface area (Å²) < 4.78 is 7.25. The van der Waals surface area contributed by atoms with E-state index in [4.69, 9.17) is 27.2 Å². The molecule has 0 fully saturated rings. The predicted octanol–water partition coefficient (Wildman–Crippen LogP) is 3.47. The first-order valence-corrected chi connectivity index (χ1v) is 10.8. The van der Waals surface area contributed by atoms with E-state index >= 15 is 0 Å². The minimum Gasteiger partial charge on any atom is -0.494 e. The molecule has 34 heavy (non-hydrogen) atoms. The SMILES string of the molecule is CNCC=CC(=O)N(C)c1ccc(OC)c(-n2nc(-c3ccc(Cl)cc3)c3c(N)ncnc32)c1. The van der Waals surface area contributed by atoms with Crippen molar-refractivity contribution in [2.24, 2.45) is 0 Å². The van der Waals surface area contributed by atoms with Gasteiger partial charge in [-0.1, -0.05) is 29.8 Å². The standard InChI is InChI=1S/C24H24ClN7O2/c1-27-12-4-5-20(33)31(2)17-10-11-19(34-3)18(13-17)32-24-21(23(26)28-14-29-24)22(30-32)15-6-8-16(25)9-7-15/h4-11,13-14,27H,12H2,1-3H3,(H2,26,28,29). The number of nitrogen functional groups attached to an aromatic ring is 1. The van der Waals surface area contributed by atoms with Crippen molar-refractivity contribution in [2.75, 3.05) is 38.4 Å². The molecule has 4 rings (SSSR count). The number of carbonyl (C=O) groups excluding carboxylic acids is 1. The number of nitrogens with one attached hydrogen (secondary N) is 1. The molecule has 174 valence electrons. The highest BCUT2D eigenvalue weighted by atomic mass is 35.5. The summed E-state index contributed by atoms with van der Waals surface area (Å²) in [5, 5.41) is 9.01. The van der Waals surface area contributed by atoms with Crippen molar-refractivity contribution in [1.29, 1.82) is 0 Å². The zero-order valence-corrected chi connectivity index (χ0v) is 19.7. The molecule has 0 aliphatic heterocycles. The van der Waals surface area contributed by atoms with Gasteiger partial charge in [0.2, 0.25) is 5.91 Å². The van der Waals surface area contributed by atoms with Crippen molar-refractivity contribution < 1.29 is 9.53 Å². The third-order valence-electron chi connectivity index (χ3n) is 5.30. The van der Waals surface area contributed by atoms with E-state index in [2.05, 4.69) is 15.3 Å². The van der Waals surface area contributed by atoms with Gasteiger partial charge in [0, 0.05) is 35.9 Å². The summed E-state index contributed by atoms with van der Waals surface area (Å²) >= 11 is 6.07. The van der Waals surface area contributed by atoms with Gasteiger partial charge in [-0.25, -0.2) is 14.6 Å². The van der Waals surface area contributed by atoms with E-state index in [0.717, 1.165) is 5.56 Å². The average molecular weight is 478 g/mol. The number of nitrogens with two attached hydrogens (primary N) is 1. The topological polar surface area (TPSA) is 111 Å². The molecule has 2 aromatic heterocycles. The van der Waals surface area contributed by atoms with Gasteiger partial charge in [0.15, 0.2) is 5.65 Å². The van der Waals surface area contributed by atoms with Crippen molar-refractivity contribution in [2.45, 2.75) is 0 Å². The summed E-state index contributed by atoms with van der Waals surface area (Å²) in [6, 6.07) is 12.7. The number of rotatable bonds is 7. The Hall–Kier alpha value is -3.95. The molecule has 2 aromatic carbocycles. The maximum atomic E-state index is 12.6. The van der Waals surface area contributed by atoms with Gasteiger partial charge in [-0.15, -0.1) is 0 Å². The number of halogens is 1. The number of hydrogen-bond donors (Lipinski definition) is 2. The number of anilines is 2. The van der Waals surface area contributed by atoms with Crippen molar-refractivity contribution >= 4 is 40.0 Å². The lowest BCUT2D eigenvalue weighted by atomic mass is 10.1. The lowest BCUT2D eigenvalue weighted by Gasteiger charge is -2.18. The third kappa shape index (κ3) is 4.43. The highest BCUT2D eigenvalue weighted by Gasteiger charge is 2.21. The summed E-state index contributed by atoms with van der Waals surface area (Å²) in [5.41, 5.74) is 9.42. The molecule has 0 spiro atoms. The van der Waals surface area contributed by atoms with Crippen LogP contribution in [0.15, 0.2) is 60.9 Å². The average Bonchev–Trinajstić information content (AvgIpc) is 3.24. The molecule has 9 nitrogen and oxygen atoms in total. The fourth-order valence-corrected chi connectivity index (χ4v) is 3.65. The van der Waals surface area contributed by atoms with Crippen LogP contribution in [-0.4, -0.2) is 53.4 Å². The van der Waals surface area contributed by atoms with E-state index in [1.165, 1.54) is 12.4 Å². The van der Waals surface area contributed by atoms with Crippen LogP contribution < -0.4 is 20.7 Å². The second-order valence-corrected chi connectivity index (χ2v) is 7.87. The lowest BCUT2D eigenvalue weighted by Crippen LogP contribution is -2.24. The van der Waals surface area contributed by atoms with Crippen LogP contribution in [0.5, 0.6) is 5.75 Å². The molecule has 0 saturated carbocycles. The molecule has 3 N–H and O–H groups in total. The number of methoxy groups -OCH3 is 1. The van der Waals surface area contributed by atoms with Gasteiger partial charge in [0.1, 0.15) is 29.3 Å². The Labute approximate surface area is 201 Å². The smallest absolute Gasteiger partial charge is 0.250 e.